The standard InChI is InChI=1S/C26H30O4Si/c1-26(2,3)31(21-12-8-6-9-13-21,22-14-10-7-11-15-22)30-19-20-16-24(28-4)23(18-27)25(17-20)29-5/h6-18H,19H2,1-5H3. The molecule has 4 nitrogen and oxygen atoms in total. The smallest absolute Gasteiger partial charge is 0.261 e. The summed E-state index contributed by atoms with van der Waals surface area (Å²) in [7, 11) is 0.440. The van der Waals surface area contributed by atoms with E-state index < -0.39 is 8.32 Å². The number of rotatable bonds is 8. The number of benzene rings is 3. The number of methoxy groups -OCH3 is 2. The molecule has 0 saturated carbocycles. The van der Waals surface area contributed by atoms with Gasteiger partial charge in [0.2, 0.25) is 0 Å². The number of carbonyl (C=O) groups is 1. The summed E-state index contributed by atoms with van der Waals surface area (Å²) in [6, 6.07) is 24.7. The number of ether oxygens (including phenoxy) is 2. The monoisotopic (exact) mass is 434 g/mol. The maximum Gasteiger partial charge on any atom is 0.261 e. The second kappa shape index (κ2) is 9.50. The first kappa shape index (κ1) is 22.8. The molecule has 5 heteroatoms. The summed E-state index contributed by atoms with van der Waals surface area (Å²) in [6.07, 6.45) is 0.754. The lowest BCUT2D eigenvalue weighted by molar-refractivity contribution is 0.111. The molecule has 0 heterocycles. The Bertz CT molecular complexity index is 946. The van der Waals surface area contributed by atoms with Gasteiger partial charge in [-0.05, 0) is 33.1 Å². The third-order valence-electron chi connectivity index (χ3n) is 5.59. The van der Waals surface area contributed by atoms with E-state index >= 15 is 0 Å². The van der Waals surface area contributed by atoms with Gasteiger partial charge in [0.15, 0.2) is 6.29 Å². The van der Waals surface area contributed by atoms with Gasteiger partial charge in [-0.1, -0.05) is 81.4 Å². The molecule has 3 rings (SSSR count). The molecule has 0 atom stereocenters. The predicted octanol–water partition coefficient (Wildman–Crippen LogP) is 4.59. The molecule has 0 bridgehead atoms. The van der Waals surface area contributed by atoms with E-state index in [0.29, 0.717) is 23.7 Å². The van der Waals surface area contributed by atoms with Crippen molar-refractivity contribution in [2.45, 2.75) is 32.4 Å². The summed E-state index contributed by atoms with van der Waals surface area (Å²) in [5, 5.41) is 2.32. The van der Waals surface area contributed by atoms with Gasteiger partial charge in [-0.3, -0.25) is 4.79 Å². The van der Waals surface area contributed by atoms with E-state index in [1.165, 1.54) is 10.4 Å². The molecule has 0 N–H and O–H groups in total. The minimum Gasteiger partial charge on any atom is -0.496 e. The summed E-state index contributed by atoms with van der Waals surface area (Å²) >= 11 is 0. The summed E-state index contributed by atoms with van der Waals surface area (Å²) in [4.78, 5) is 11.5. The molecule has 31 heavy (non-hydrogen) atoms. The number of carbonyl (C=O) groups excluding carboxylic acids is 1. The number of hydrogen-bond donors (Lipinski definition) is 0. The Balaban J connectivity index is 2.12. The van der Waals surface area contributed by atoms with Gasteiger partial charge in [0.05, 0.1) is 26.4 Å². The van der Waals surface area contributed by atoms with E-state index in [4.69, 9.17) is 13.9 Å². The fraction of sp³-hybridized carbons (Fsp3) is 0.269. The fourth-order valence-corrected chi connectivity index (χ4v) is 8.68. The molecule has 0 amide bonds. The van der Waals surface area contributed by atoms with Crippen molar-refractivity contribution in [2.24, 2.45) is 0 Å². The van der Waals surface area contributed by atoms with Crippen LogP contribution in [0.2, 0.25) is 5.04 Å². The van der Waals surface area contributed by atoms with E-state index in [0.717, 1.165) is 11.8 Å². The maximum absolute atomic E-state index is 11.5. The Labute approximate surface area is 185 Å². The molecule has 162 valence electrons. The van der Waals surface area contributed by atoms with Gasteiger partial charge < -0.3 is 13.9 Å². The van der Waals surface area contributed by atoms with E-state index in [9.17, 15) is 4.79 Å². The lowest BCUT2D eigenvalue weighted by Gasteiger charge is -2.43. The first-order valence-corrected chi connectivity index (χ1v) is 12.2. The van der Waals surface area contributed by atoms with Gasteiger partial charge in [0.1, 0.15) is 11.5 Å². The topological polar surface area (TPSA) is 44.8 Å². The van der Waals surface area contributed by atoms with E-state index in [1.54, 1.807) is 14.2 Å². The molecule has 0 aliphatic heterocycles. The van der Waals surface area contributed by atoms with Crippen molar-refractivity contribution in [3.8, 4) is 11.5 Å². The molecule has 3 aromatic rings. The van der Waals surface area contributed by atoms with Crippen LogP contribution in [-0.2, 0) is 11.0 Å². The van der Waals surface area contributed by atoms with Gasteiger partial charge in [-0.2, -0.15) is 0 Å². The van der Waals surface area contributed by atoms with Crippen molar-refractivity contribution in [2.75, 3.05) is 14.2 Å². The Hall–Kier alpha value is -2.89. The van der Waals surface area contributed by atoms with Crippen LogP contribution in [0.25, 0.3) is 0 Å². The molecular weight excluding hydrogens is 404 g/mol. The molecule has 0 aliphatic rings. The Morgan fingerprint density at radius 1 is 0.806 bits per heavy atom. The van der Waals surface area contributed by atoms with Crippen LogP contribution in [0.3, 0.4) is 0 Å². The SMILES string of the molecule is COc1cc(CO[Si](c2ccccc2)(c2ccccc2)C(C)(C)C)cc(OC)c1C=O. The van der Waals surface area contributed by atoms with Gasteiger partial charge in [0.25, 0.3) is 8.32 Å². The van der Waals surface area contributed by atoms with Crippen molar-refractivity contribution >= 4 is 25.0 Å². The van der Waals surface area contributed by atoms with E-state index in [2.05, 4.69) is 69.3 Å². The average molecular weight is 435 g/mol. The van der Waals surface area contributed by atoms with Crippen molar-refractivity contribution in [1.82, 2.24) is 0 Å². The first-order chi connectivity index (χ1) is 14.9. The highest BCUT2D eigenvalue weighted by Gasteiger charge is 2.50. The second-order valence-corrected chi connectivity index (χ2v) is 12.8. The van der Waals surface area contributed by atoms with Gasteiger partial charge >= 0.3 is 0 Å². The van der Waals surface area contributed by atoms with E-state index in [-0.39, 0.29) is 5.04 Å². The fourth-order valence-electron chi connectivity index (χ4n) is 4.15. The Morgan fingerprint density at radius 3 is 1.61 bits per heavy atom. The third-order valence-corrected chi connectivity index (χ3v) is 10.6. The van der Waals surface area contributed by atoms with Crippen molar-refractivity contribution in [3.63, 3.8) is 0 Å². The van der Waals surface area contributed by atoms with E-state index in [1.807, 2.05) is 24.3 Å². The van der Waals surface area contributed by atoms with Crippen LogP contribution in [-0.4, -0.2) is 28.8 Å². The zero-order valence-electron chi connectivity index (χ0n) is 18.8. The minimum atomic E-state index is -2.66. The lowest BCUT2D eigenvalue weighted by Crippen LogP contribution is -2.66. The van der Waals surface area contributed by atoms with Crippen molar-refractivity contribution in [3.05, 3.63) is 83.9 Å². The Morgan fingerprint density at radius 2 is 1.26 bits per heavy atom. The van der Waals surface area contributed by atoms with Gasteiger partial charge in [-0.15, -0.1) is 0 Å². The molecule has 0 aromatic heterocycles. The predicted molar refractivity (Wildman–Crippen MR) is 127 cm³/mol. The molecule has 0 radical (unpaired) electrons. The first-order valence-electron chi connectivity index (χ1n) is 10.3. The second-order valence-electron chi connectivity index (χ2n) is 8.48. The third kappa shape index (κ3) is 4.43. The molecule has 0 aliphatic carbocycles. The largest absolute Gasteiger partial charge is 0.496 e. The van der Waals surface area contributed by atoms with Crippen LogP contribution in [0, 0.1) is 0 Å². The molecule has 0 saturated heterocycles. The minimum absolute atomic E-state index is 0.118. The van der Waals surface area contributed by atoms with Crippen LogP contribution in [0.4, 0.5) is 0 Å². The maximum atomic E-state index is 11.5. The molecule has 3 aromatic carbocycles. The van der Waals surface area contributed by atoms with Crippen molar-refractivity contribution < 1.29 is 18.7 Å². The lowest BCUT2D eigenvalue weighted by atomic mass is 10.1. The average Bonchev–Trinajstić information content (AvgIpc) is 2.79. The molecule has 0 fully saturated rings. The molecule has 0 spiro atoms. The normalized spacial score (nSPS) is 11.8. The van der Waals surface area contributed by atoms with Crippen LogP contribution < -0.4 is 19.8 Å². The zero-order valence-corrected chi connectivity index (χ0v) is 19.8. The van der Waals surface area contributed by atoms with Crippen LogP contribution >= 0.6 is 0 Å². The van der Waals surface area contributed by atoms with Crippen LogP contribution in [0.5, 0.6) is 11.5 Å². The van der Waals surface area contributed by atoms with Crippen LogP contribution in [0.1, 0.15) is 36.7 Å². The van der Waals surface area contributed by atoms with Gasteiger partial charge in [-0.25, -0.2) is 0 Å². The molecule has 0 unspecified atom stereocenters. The van der Waals surface area contributed by atoms with Gasteiger partial charge in [0, 0.05) is 0 Å². The number of aldehydes is 1. The summed E-state index contributed by atoms with van der Waals surface area (Å²) in [6.45, 7) is 7.11. The summed E-state index contributed by atoms with van der Waals surface area (Å²) in [5.74, 6) is 0.964. The van der Waals surface area contributed by atoms with Crippen LogP contribution in [0.15, 0.2) is 72.8 Å². The quantitative estimate of drug-likeness (QED) is 0.384. The molecular formula is C26H30O4Si. The number of hydrogen-bond acceptors (Lipinski definition) is 4. The Kier molecular flexibility index (Phi) is 6.98. The summed E-state index contributed by atoms with van der Waals surface area (Å²) in [5.41, 5.74) is 1.30. The highest BCUT2D eigenvalue weighted by atomic mass is 28.4. The van der Waals surface area contributed by atoms with Crippen molar-refractivity contribution in [1.29, 1.82) is 0 Å². The highest BCUT2D eigenvalue weighted by molar-refractivity contribution is 6.99. The highest BCUT2D eigenvalue weighted by Crippen LogP contribution is 2.38. The summed E-state index contributed by atoms with van der Waals surface area (Å²) < 4.78 is 17.8. The zero-order chi connectivity index (χ0) is 22.5.